The fourth-order valence-corrected chi connectivity index (χ4v) is 4.45. The van der Waals surface area contributed by atoms with Gasteiger partial charge in [0.2, 0.25) is 0 Å². The molecule has 0 atom stereocenters. The van der Waals surface area contributed by atoms with Gasteiger partial charge in [-0.2, -0.15) is 13.2 Å². The minimum atomic E-state index is -4.43. The Balaban J connectivity index is 1.80. The van der Waals surface area contributed by atoms with Crippen molar-refractivity contribution in [1.82, 2.24) is 14.5 Å². The van der Waals surface area contributed by atoms with Crippen molar-refractivity contribution in [1.29, 1.82) is 0 Å². The molecule has 0 aliphatic rings. The number of hydrogen-bond donors (Lipinski definition) is 0. The molecule has 0 N–H and O–H groups in total. The maximum Gasteiger partial charge on any atom is 0.406 e. The topological polar surface area (TPSA) is 84.7 Å². The molecule has 0 aliphatic carbocycles. The van der Waals surface area contributed by atoms with Gasteiger partial charge in [-0.3, -0.25) is 9.10 Å². The lowest BCUT2D eigenvalue weighted by molar-refractivity contribution is -0.141. The van der Waals surface area contributed by atoms with Gasteiger partial charge in [-0.15, -0.1) is 0 Å². The van der Waals surface area contributed by atoms with Gasteiger partial charge in [0.15, 0.2) is 0 Å². The van der Waals surface area contributed by atoms with E-state index in [1.165, 1.54) is 62.8 Å². The van der Waals surface area contributed by atoms with Gasteiger partial charge in [-0.1, -0.05) is 6.07 Å². The Morgan fingerprint density at radius 1 is 1.12 bits per heavy atom. The van der Waals surface area contributed by atoms with Crippen LogP contribution in [0.15, 0.2) is 65.8 Å². The maximum atomic E-state index is 13.1. The van der Waals surface area contributed by atoms with Crippen LogP contribution in [0.5, 0.6) is 5.75 Å². The highest BCUT2D eigenvalue weighted by atomic mass is 32.2. The minimum absolute atomic E-state index is 0.0520. The van der Waals surface area contributed by atoms with E-state index in [1.54, 1.807) is 24.3 Å². The van der Waals surface area contributed by atoms with Gasteiger partial charge < -0.3 is 14.2 Å². The van der Waals surface area contributed by atoms with Crippen LogP contribution in [-0.2, 0) is 23.1 Å². The van der Waals surface area contributed by atoms with E-state index in [9.17, 15) is 26.4 Å². The lowest BCUT2D eigenvalue weighted by atomic mass is 10.2. The normalized spacial score (nSPS) is 11.8. The van der Waals surface area contributed by atoms with E-state index in [0.29, 0.717) is 11.4 Å². The van der Waals surface area contributed by atoms with Crippen LogP contribution in [0.1, 0.15) is 16.2 Å². The van der Waals surface area contributed by atoms with E-state index in [2.05, 4.69) is 4.98 Å². The van der Waals surface area contributed by atoms with E-state index < -0.39 is 28.7 Å². The third-order valence-corrected chi connectivity index (χ3v) is 6.83. The number of anilines is 1. The first-order chi connectivity index (χ1) is 15.9. The summed E-state index contributed by atoms with van der Waals surface area (Å²) in [5.74, 6) is 0.0583. The van der Waals surface area contributed by atoms with Crippen LogP contribution in [-0.4, -0.2) is 56.2 Å². The molecule has 0 saturated carbocycles. The van der Waals surface area contributed by atoms with E-state index in [-0.39, 0.29) is 22.8 Å². The Bertz CT molecular complexity index is 1260. The van der Waals surface area contributed by atoms with Crippen LogP contribution >= 0.6 is 0 Å². The second-order valence-electron chi connectivity index (χ2n) is 7.45. The molecule has 3 rings (SSSR count). The number of sulfonamides is 1. The molecule has 0 saturated heterocycles. The van der Waals surface area contributed by atoms with E-state index in [0.717, 1.165) is 8.87 Å². The molecular weight excluding hydrogens is 473 g/mol. The molecule has 1 heterocycles. The summed E-state index contributed by atoms with van der Waals surface area (Å²) < 4.78 is 71.5. The molecule has 1 aromatic heterocycles. The first-order valence-corrected chi connectivity index (χ1v) is 11.4. The summed E-state index contributed by atoms with van der Waals surface area (Å²) in [4.78, 5) is 17.9. The zero-order valence-corrected chi connectivity index (χ0v) is 19.5. The minimum Gasteiger partial charge on any atom is -0.497 e. The van der Waals surface area contributed by atoms with Gasteiger partial charge in [0.25, 0.3) is 15.9 Å². The number of carbonyl (C=O) groups excluding carboxylic acids is 1. The van der Waals surface area contributed by atoms with Crippen LogP contribution < -0.4 is 9.04 Å². The number of aromatic nitrogens is 2. The van der Waals surface area contributed by atoms with Crippen molar-refractivity contribution in [3.63, 3.8) is 0 Å². The smallest absolute Gasteiger partial charge is 0.406 e. The Morgan fingerprint density at radius 3 is 2.41 bits per heavy atom. The van der Waals surface area contributed by atoms with Gasteiger partial charge in [0, 0.05) is 32.1 Å². The second kappa shape index (κ2) is 9.75. The fraction of sp³-hybridized carbons (Fsp3) is 0.273. The average Bonchev–Trinajstić information content (AvgIpc) is 3.22. The first kappa shape index (κ1) is 25.1. The largest absolute Gasteiger partial charge is 0.497 e. The predicted octanol–water partition coefficient (Wildman–Crippen LogP) is 3.55. The third-order valence-electron chi connectivity index (χ3n) is 5.05. The zero-order valence-electron chi connectivity index (χ0n) is 18.7. The van der Waals surface area contributed by atoms with Crippen LogP contribution in [0, 0.1) is 0 Å². The SMILES string of the molecule is COc1ccc(N(C)S(=O)(=O)c2cccc(C(=O)N(C)Cc3nccn3CC(F)(F)F)c2)cc1. The number of ether oxygens (including phenoxy) is 1. The molecule has 2 aromatic carbocycles. The summed E-state index contributed by atoms with van der Waals surface area (Å²) in [6.07, 6.45) is -2.03. The Kier molecular flexibility index (Phi) is 7.20. The highest BCUT2D eigenvalue weighted by Gasteiger charge is 2.29. The number of methoxy groups -OCH3 is 1. The number of rotatable bonds is 8. The summed E-state index contributed by atoms with van der Waals surface area (Å²) in [5.41, 5.74) is 0.465. The van der Waals surface area contributed by atoms with Crippen molar-refractivity contribution in [2.24, 2.45) is 0 Å². The molecule has 0 spiro atoms. The summed E-state index contributed by atoms with van der Waals surface area (Å²) in [6, 6.07) is 11.9. The molecule has 1 amide bonds. The van der Waals surface area contributed by atoms with E-state index in [1.807, 2.05) is 0 Å². The molecule has 3 aromatic rings. The molecular formula is C22H23F3N4O4S. The van der Waals surface area contributed by atoms with Crippen LogP contribution in [0.2, 0.25) is 0 Å². The van der Waals surface area contributed by atoms with Crippen molar-refractivity contribution in [3.8, 4) is 5.75 Å². The number of carbonyl (C=O) groups is 1. The van der Waals surface area contributed by atoms with Gasteiger partial charge in [0.1, 0.15) is 18.1 Å². The summed E-state index contributed by atoms with van der Waals surface area (Å²) in [7, 11) is 0.298. The van der Waals surface area contributed by atoms with Crippen molar-refractivity contribution >= 4 is 21.6 Å². The monoisotopic (exact) mass is 496 g/mol. The van der Waals surface area contributed by atoms with Gasteiger partial charge >= 0.3 is 6.18 Å². The molecule has 0 unspecified atom stereocenters. The van der Waals surface area contributed by atoms with Crippen molar-refractivity contribution in [2.75, 3.05) is 25.5 Å². The molecule has 0 bridgehead atoms. The number of benzene rings is 2. The van der Waals surface area contributed by atoms with Crippen molar-refractivity contribution in [3.05, 3.63) is 72.3 Å². The standard InChI is InChI=1S/C22H23F3N4O4S/c1-27(14-20-26-11-12-29(20)15-22(23,24)25)21(30)16-5-4-6-19(13-16)34(31,32)28(2)17-7-9-18(33-3)10-8-17/h4-13H,14-15H2,1-3H3. The van der Waals surface area contributed by atoms with Crippen molar-refractivity contribution in [2.45, 2.75) is 24.2 Å². The predicted molar refractivity (Wildman–Crippen MR) is 119 cm³/mol. The lowest BCUT2D eigenvalue weighted by Crippen LogP contribution is -2.30. The molecule has 0 fully saturated rings. The van der Waals surface area contributed by atoms with Gasteiger partial charge in [-0.05, 0) is 42.5 Å². The Morgan fingerprint density at radius 2 is 1.79 bits per heavy atom. The molecule has 0 aliphatic heterocycles. The molecule has 0 radical (unpaired) electrons. The van der Waals surface area contributed by atoms with Gasteiger partial charge in [0.05, 0.1) is 24.2 Å². The molecule has 182 valence electrons. The number of imidazole rings is 1. The maximum absolute atomic E-state index is 13.1. The highest BCUT2D eigenvalue weighted by Crippen LogP contribution is 2.25. The number of hydrogen-bond acceptors (Lipinski definition) is 5. The number of amides is 1. The Labute approximate surface area is 195 Å². The summed E-state index contributed by atoms with van der Waals surface area (Å²) >= 11 is 0. The average molecular weight is 497 g/mol. The van der Waals surface area contributed by atoms with Gasteiger partial charge in [-0.25, -0.2) is 13.4 Å². The fourth-order valence-electron chi connectivity index (χ4n) is 3.21. The van der Waals surface area contributed by atoms with E-state index >= 15 is 0 Å². The molecule has 8 nitrogen and oxygen atoms in total. The third kappa shape index (κ3) is 5.68. The lowest BCUT2D eigenvalue weighted by Gasteiger charge is -2.21. The van der Waals surface area contributed by atoms with Crippen molar-refractivity contribution < 1.29 is 31.1 Å². The van der Waals surface area contributed by atoms with E-state index in [4.69, 9.17) is 4.74 Å². The van der Waals surface area contributed by atoms with Crippen LogP contribution in [0.3, 0.4) is 0 Å². The first-order valence-electron chi connectivity index (χ1n) is 9.97. The highest BCUT2D eigenvalue weighted by molar-refractivity contribution is 7.92. The number of alkyl halides is 3. The van der Waals surface area contributed by atoms with Crippen LogP contribution in [0.25, 0.3) is 0 Å². The molecule has 12 heteroatoms. The van der Waals surface area contributed by atoms with Crippen LogP contribution in [0.4, 0.5) is 18.9 Å². The number of halogens is 3. The number of nitrogens with zero attached hydrogens (tertiary/aromatic N) is 4. The molecule has 34 heavy (non-hydrogen) atoms. The zero-order chi connectivity index (χ0) is 25.1. The Hall–Kier alpha value is -3.54. The summed E-state index contributed by atoms with van der Waals surface area (Å²) in [6.45, 7) is -1.42. The second-order valence-corrected chi connectivity index (χ2v) is 9.42. The summed E-state index contributed by atoms with van der Waals surface area (Å²) in [5, 5.41) is 0. The quantitative estimate of drug-likeness (QED) is 0.476.